The average Bonchev–Trinajstić information content (AvgIpc) is 3.55. The molecule has 0 saturated carbocycles. The van der Waals surface area contributed by atoms with Crippen LogP contribution >= 0.6 is 11.3 Å². The first-order valence-electron chi connectivity index (χ1n) is 16.4. The molecule has 0 aliphatic rings. The Kier molecular flexibility index (Phi) is 6.36. The first-order chi connectivity index (χ1) is 24.3. The molecule has 0 saturated heterocycles. The molecule has 4 heteroatoms. The van der Waals surface area contributed by atoms with Crippen LogP contribution in [0.15, 0.2) is 164 Å². The Hall–Kier alpha value is -6.23. The van der Waals surface area contributed by atoms with Gasteiger partial charge >= 0.3 is 0 Å². The van der Waals surface area contributed by atoms with E-state index in [0.717, 1.165) is 27.8 Å². The van der Waals surface area contributed by atoms with Crippen LogP contribution in [0, 0.1) is 0 Å². The number of aromatic nitrogens is 3. The van der Waals surface area contributed by atoms with Crippen LogP contribution < -0.4 is 0 Å². The summed E-state index contributed by atoms with van der Waals surface area (Å²) >= 11 is 1.86. The van der Waals surface area contributed by atoms with Gasteiger partial charge in [0.25, 0.3) is 0 Å². The molecule has 0 bridgehead atoms. The van der Waals surface area contributed by atoms with Gasteiger partial charge in [-0.25, -0.2) is 15.0 Å². The highest BCUT2D eigenvalue weighted by atomic mass is 32.1. The Bertz CT molecular complexity index is 2880. The van der Waals surface area contributed by atoms with Crippen LogP contribution in [0.5, 0.6) is 0 Å². The Morgan fingerprint density at radius 1 is 0.347 bits per heavy atom. The standard InChI is InChI=1S/C45H27N3S/c1-3-12-28(13-4-1)31-19-11-20-35(24-31)44-46-43(30-15-5-2-6-16-30)47-45(48-44)38-26-34-23-22-29-14-9-10-21-36(29)40(34)42-41(38)37-25-32-17-7-8-18-33(32)27-39(37)49-42/h1-27H. The van der Waals surface area contributed by atoms with Crippen LogP contribution in [0.1, 0.15) is 0 Å². The number of hydrogen-bond donors (Lipinski definition) is 0. The van der Waals surface area contributed by atoms with E-state index in [4.69, 9.17) is 15.0 Å². The summed E-state index contributed by atoms with van der Waals surface area (Å²) in [7, 11) is 0. The van der Waals surface area contributed by atoms with Crippen molar-refractivity contribution < 1.29 is 0 Å². The van der Waals surface area contributed by atoms with E-state index in [-0.39, 0.29) is 0 Å². The Balaban J connectivity index is 1.31. The summed E-state index contributed by atoms with van der Waals surface area (Å²) in [4.78, 5) is 15.6. The average molecular weight is 642 g/mol. The fraction of sp³-hybridized carbons (Fsp3) is 0. The first-order valence-corrected chi connectivity index (χ1v) is 17.3. The molecular formula is C45H27N3S. The third-order valence-electron chi connectivity index (χ3n) is 9.45. The van der Waals surface area contributed by atoms with E-state index >= 15 is 0 Å². The summed E-state index contributed by atoms with van der Waals surface area (Å²) in [5.41, 5.74) is 5.20. The van der Waals surface area contributed by atoms with E-state index in [9.17, 15) is 0 Å². The molecule has 228 valence electrons. The molecule has 0 atom stereocenters. The SMILES string of the molecule is c1ccc(-c2cccc(-c3nc(-c4ccccc4)nc(-c4cc5ccc6ccccc6c5c5sc6cc7ccccc7cc6c45)n3)c2)cc1. The zero-order valence-corrected chi connectivity index (χ0v) is 27.2. The monoisotopic (exact) mass is 641 g/mol. The van der Waals surface area contributed by atoms with Crippen molar-refractivity contribution in [3.63, 3.8) is 0 Å². The lowest BCUT2D eigenvalue weighted by atomic mass is 9.95. The molecule has 10 aromatic rings. The topological polar surface area (TPSA) is 38.7 Å². The van der Waals surface area contributed by atoms with E-state index in [1.54, 1.807) is 0 Å². The van der Waals surface area contributed by atoms with E-state index in [1.165, 1.54) is 52.5 Å². The molecule has 49 heavy (non-hydrogen) atoms. The third-order valence-corrected chi connectivity index (χ3v) is 10.6. The highest BCUT2D eigenvalue weighted by molar-refractivity contribution is 7.27. The lowest BCUT2D eigenvalue weighted by Gasteiger charge is -2.13. The van der Waals surface area contributed by atoms with Gasteiger partial charge in [-0.05, 0) is 62.3 Å². The maximum absolute atomic E-state index is 5.28. The molecule has 0 spiro atoms. The van der Waals surface area contributed by atoms with Gasteiger partial charge in [-0.1, -0.05) is 140 Å². The summed E-state index contributed by atoms with van der Waals surface area (Å²) in [6, 6.07) is 57.9. The number of hydrogen-bond acceptors (Lipinski definition) is 4. The van der Waals surface area contributed by atoms with Gasteiger partial charge in [0.05, 0.1) is 0 Å². The van der Waals surface area contributed by atoms with Crippen molar-refractivity contribution in [2.24, 2.45) is 0 Å². The van der Waals surface area contributed by atoms with Crippen molar-refractivity contribution in [1.29, 1.82) is 0 Å². The minimum absolute atomic E-state index is 0.651. The number of rotatable bonds is 4. The summed E-state index contributed by atoms with van der Waals surface area (Å²) in [5, 5.41) is 9.80. The zero-order chi connectivity index (χ0) is 32.3. The largest absolute Gasteiger partial charge is 0.208 e. The molecule has 0 aliphatic heterocycles. The lowest BCUT2D eigenvalue weighted by Crippen LogP contribution is -2.00. The molecule has 10 rings (SSSR count). The number of thiophene rings is 1. The lowest BCUT2D eigenvalue weighted by molar-refractivity contribution is 1.08. The van der Waals surface area contributed by atoms with Crippen molar-refractivity contribution in [3.8, 4) is 45.3 Å². The predicted octanol–water partition coefficient (Wildman–Crippen LogP) is 12.4. The zero-order valence-electron chi connectivity index (χ0n) is 26.3. The number of benzene rings is 8. The van der Waals surface area contributed by atoms with Crippen LogP contribution in [0.3, 0.4) is 0 Å². The fourth-order valence-corrected chi connectivity index (χ4v) is 8.43. The van der Waals surface area contributed by atoms with Crippen LogP contribution in [-0.2, 0) is 0 Å². The van der Waals surface area contributed by atoms with Crippen molar-refractivity contribution in [3.05, 3.63) is 164 Å². The normalized spacial score (nSPS) is 11.7. The fourth-order valence-electron chi connectivity index (χ4n) is 7.10. The molecular weight excluding hydrogens is 615 g/mol. The Labute approximate surface area is 286 Å². The Morgan fingerprint density at radius 2 is 0.939 bits per heavy atom. The number of nitrogens with zero attached hydrogens (tertiary/aromatic N) is 3. The highest BCUT2D eigenvalue weighted by Crippen LogP contribution is 2.46. The van der Waals surface area contributed by atoms with Crippen LogP contribution in [-0.4, -0.2) is 15.0 Å². The second-order valence-electron chi connectivity index (χ2n) is 12.4. The van der Waals surface area contributed by atoms with Crippen molar-refractivity contribution in [2.75, 3.05) is 0 Å². The second kappa shape index (κ2) is 11.2. The molecule has 0 amide bonds. The number of fused-ring (bicyclic) bond motifs is 8. The van der Waals surface area contributed by atoms with Gasteiger partial charge in [-0.2, -0.15) is 0 Å². The van der Waals surface area contributed by atoms with E-state index < -0.39 is 0 Å². The summed E-state index contributed by atoms with van der Waals surface area (Å²) in [6.45, 7) is 0. The van der Waals surface area contributed by atoms with E-state index in [0.29, 0.717) is 17.5 Å². The quantitative estimate of drug-likeness (QED) is 0.180. The minimum atomic E-state index is 0.651. The molecule has 8 aromatic carbocycles. The van der Waals surface area contributed by atoms with E-state index in [2.05, 4.69) is 140 Å². The van der Waals surface area contributed by atoms with Gasteiger partial charge in [0.1, 0.15) is 0 Å². The second-order valence-corrected chi connectivity index (χ2v) is 13.5. The van der Waals surface area contributed by atoms with Gasteiger partial charge in [0, 0.05) is 42.2 Å². The predicted molar refractivity (Wildman–Crippen MR) is 207 cm³/mol. The third kappa shape index (κ3) is 4.68. The van der Waals surface area contributed by atoms with Gasteiger partial charge in [-0.3, -0.25) is 0 Å². The van der Waals surface area contributed by atoms with Crippen LogP contribution in [0.25, 0.3) is 97.8 Å². The van der Waals surface area contributed by atoms with E-state index in [1.807, 2.05) is 35.6 Å². The van der Waals surface area contributed by atoms with Gasteiger partial charge in [0.2, 0.25) is 0 Å². The van der Waals surface area contributed by atoms with Crippen molar-refractivity contribution in [2.45, 2.75) is 0 Å². The smallest absolute Gasteiger partial charge is 0.164 e. The van der Waals surface area contributed by atoms with Crippen molar-refractivity contribution >= 4 is 63.8 Å². The molecule has 2 heterocycles. The first kappa shape index (κ1) is 27.8. The minimum Gasteiger partial charge on any atom is -0.208 e. The molecule has 0 N–H and O–H groups in total. The highest BCUT2D eigenvalue weighted by Gasteiger charge is 2.21. The maximum atomic E-state index is 5.28. The Morgan fingerprint density at radius 3 is 1.73 bits per heavy atom. The molecule has 2 aromatic heterocycles. The van der Waals surface area contributed by atoms with Gasteiger partial charge in [-0.15, -0.1) is 11.3 Å². The summed E-state index contributed by atoms with van der Waals surface area (Å²) in [6.07, 6.45) is 0. The van der Waals surface area contributed by atoms with Gasteiger partial charge in [0.15, 0.2) is 17.5 Å². The van der Waals surface area contributed by atoms with Crippen LogP contribution in [0.2, 0.25) is 0 Å². The molecule has 0 fully saturated rings. The van der Waals surface area contributed by atoms with Gasteiger partial charge < -0.3 is 0 Å². The summed E-state index contributed by atoms with van der Waals surface area (Å²) in [5.74, 6) is 1.97. The summed E-state index contributed by atoms with van der Waals surface area (Å²) < 4.78 is 2.51. The maximum Gasteiger partial charge on any atom is 0.164 e. The van der Waals surface area contributed by atoms with Crippen molar-refractivity contribution in [1.82, 2.24) is 15.0 Å². The van der Waals surface area contributed by atoms with Crippen LogP contribution in [0.4, 0.5) is 0 Å². The molecule has 0 radical (unpaired) electrons. The molecule has 0 unspecified atom stereocenters. The molecule has 3 nitrogen and oxygen atoms in total. The molecule has 0 aliphatic carbocycles.